The van der Waals surface area contributed by atoms with E-state index in [0.717, 1.165) is 37.0 Å². The summed E-state index contributed by atoms with van der Waals surface area (Å²) in [7, 11) is 0. The van der Waals surface area contributed by atoms with E-state index in [9.17, 15) is 4.39 Å². The molecule has 1 N–H and O–H groups in total. The van der Waals surface area contributed by atoms with Crippen LogP contribution in [-0.2, 0) is 13.0 Å². The molecular formula is C17H17FN2S. The minimum absolute atomic E-state index is 0.186. The van der Waals surface area contributed by atoms with Gasteiger partial charge in [-0.2, -0.15) is 0 Å². The molecule has 0 unspecified atom stereocenters. The van der Waals surface area contributed by atoms with E-state index in [1.807, 2.05) is 18.2 Å². The predicted molar refractivity (Wildman–Crippen MR) is 86.0 cm³/mol. The van der Waals surface area contributed by atoms with Crippen molar-refractivity contribution in [2.45, 2.75) is 19.4 Å². The van der Waals surface area contributed by atoms with Crippen LogP contribution in [0.5, 0.6) is 0 Å². The maximum Gasteiger partial charge on any atom is 0.123 e. The number of fused-ring (bicyclic) bond motifs is 1. The van der Waals surface area contributed by atoms with Gasteiger partial charge in [-0.3, -0.25) is 0 Å². The molecule has 0 saturated carbocycles. The van der Waals surface area contributed by atoms with Gasteiger partial charge in [0.25, 0.3) is 0 Å². The van der Waals surface area contributed by atoms with Crippen molar-refractivity contribution in [3.05, 3.63) is 64.9 Å². The smallest absolute Gasteiger partial charge is 0.123 e. The first-order chi connectivity index (χ1) is 10.3. The third kappa shape index (κ3) is 3.86. The molecule has 3 rings (SSSR count). The highest BCUT2D eigenvalue weighted by molar-refractivity contribution is 7.18. The topological polar surface area (TPSA) is 24.9 Å². The summed E-state index contributed by atoms with van der Waals surface area (Å²) in [5.74, 6) is -0.186. The Morgan fingerprint density at radius 1 is 1.05 bits per heavy atom. The zero-order chi connectivity index (χ0) is 14.5. The number of hydrogen-bond acceptors (Lipinski definition) is 3. The summed E-state index contributed by atoms with van der Waals surface area (Å²) in [4.78, 5) is 4.63. The van der Waals surface area contributed by atoms with Gasteiger partial charge in [0.05, 0.1) is 15.2 Å². The van der Waals surface area contributed by atoms with E-state index in [1.165, 1.54) is 21.8 Å². The molecule has 0 aliphatic heterocycles. The second-order valence-electron chi connectivity index (χ2n) is 4.98. The number of aryl methyl sites for hydroxylation is 1. The highest BCUT2D eigenvalue weighted by Gasteiger charge is 2.02. The maximum absolute atomic E-state index is 12.8. The first kappa shape index (κ1) is 14.2. The highest BCUT2D eigenvalue weighted by atomic mass is 32.1. The molecule has 0 aliphatic carbocycles. The molecule has 0 radical (unpaired) electrons. The molecule has 0 atom stereocenters. The Kier molecular flexibility index (Phi) is 4.58. The van der Waals surface area contributed by atoms with Crippen molar-refractivity contribution in [1.29, 1.82) is 0 Å². The molecule has 21 heavy (non-hydrogen) atoms. The fraction of sp³-hybridized carbons (Fsp3) is 0.235. The molecular weight excluding hydrogens is 283 g/mol. The van der Waals surface area contributed by atoms with Gasteiger partial charge in [-0.05, 0) is 42.8 Å². The van der Waals surface area contributed by atoms with Gasteiger partial charge in [-0.25, -0.2) is 9.37 Å². The van der Waals surface area contributed by atoms with Crippen LogP contribution in [0.2, 0.25) is 0 Å². The van der Waals surface area contributed by atoms with Crippen molar-refractivity contribution in [2.24, 2.45) is 0 Å². The summed E-state index contributed by atoms with van der Waals surface area (Å²) in [5, 5.41) is 4.57. The van der Waals surface area contributed by atoms with Crippen molar-refractivity contribution in [3.8, 4) is 0 Å². The minimum Gasteiger partial charge on any atom is -0.313 e. The lowest BCUT2D eigenvalue weighted by Crippen LogP contribution is -2.15. The first-order valence-electron chi connectivity index (χ1n) is 7.11. The summed E-state index contributed by atoms with van der Waals surface area (Å²) < 4.78 is 14.0. The van der Waals surface area contributed by atoms with E-state index in [0.29, 0.717) is 0 Å². The molecule has 108 valence electrons. The van der Waals surface area contributed by atoms with E-state index in [2.05, 4.69) is 28.5 Å². The zero-order valence-electron chi connectivity index (χ0n) is 11.7. The van der Waals surface area contributed by atoms with Crippen LogP contribution < -0.4 is 5.32 Å². The fourth-order valence-corrected chi connectivity index (χ4v) is 3.24. The van der Waals surface area contributed by atoms with Crippen LogP contribution in [0.1, 0.15) is 17.0 Å². The number of nitrogens with one attached hydrogen (secondary N) is 1. The van der Waals surface area contributed by atoms with E-state index >= 15 is 0 Å². The maximum atomic E-state index is 12.8. The largest absolute Gasteiger partial charge is 0.313 e. The van der Waals surface area contributed by atoms with Gasteiger partial charge in [0.15, 0.2) is 0 Å². The van der Waals surface area contributed by atoms with E-state index < -0.39 is 0 Å². The number of aromatic nitrogens is 1. The summed E-state index contributed by atoms with van der Waals surface area (Å²) in [6.45, 7) is 1.72. The van der Waals surface area contributed by atoms with Crippen LogP contribution in [-0.4, -0.2) is 11.5 Å². The average Bonchev–Trinajstić information content (AvgIpc) is 2.91. The molecule has 0 spiro atoms. The number of nitrogens with zero attached hydrogens (tertiary/aromatic N) is 1. The average molecular weight is 300 g/mol. The van der Waals surface area contributed by atoms with Crippen LogP contribution in [0.25, 0.3) is 10.2 Å². The summed E-state index contributed by atoms with van der Waals surface area (Å²) in [5.41, 5.74) is 2.20. The monoisotopic (exact) mass is 300 g/mol. The zero-order valence-corrected chi connectivity index (χ0v) is 12.5. The van der Waals surface area contributed by atoms with Crippen molar-refractivity contribution in [3.63, 3.8) is 0 Å². The molecule has 4 heteroatoms. The summed E-state index contributed by atoms with van der Waals surface area (Å²) >= 11 is 1.77. The molecule has 0 fully saturated rings. The second-order valence-corrected chi connectivity index (χ2v) is 6.10. The van der Waals surface area contributed by atoms with Gasteiger partial charge in [-0.1, -0.05) is 24.3 Å². The van der Waals surface area contributed by atoms with Crippen LogP contribution in [0, 0.1) is 5.82 Å². The molecule has 0 amide bonds. The Hall–Kier alpha value is -1.78. The Labute approximate surface area is 127 Å². The van der Waals surface area contributed by atoms with Gasteiger partial charge < -0.3 is 5.32 Å². The molecule has 1 aromatic heterocycles. The molecule has 3 aromatic rings. The van der Waals surface area contributed by atoms with Gasteiger partial charge >= 0.3 is 0 Å². The van der Waals surface area contributed by atoms with E-state index in [-0.39, 0.29) is 5.82 Å². The Bertz CT molecular complexity index is 673. The van der Waals surface area contributed by atoms with Crippen molar-refractivity contribution < 1.29 is 4.39 Å². The van der Waals surface area contributed by atoms with Gasteiger partial charge in [0, 0.05) is 13.0 Å². The predicted octanol–water partition coefficient (Wildman–Crippen LogP) is 4.16. The van der Waals surface area contributed by atoms with E-state index in [1.54, 1.807) is 11.3 Å². The standard InChI is InChI=1S/C17H17FN2S/c18-14-9-7-13(8-10-14)12-19-11-3-6-17-20-15-4-1-2-5-16(15)21-17/h1-2,4-5,7-10,19H,3,6,11-12H2. The third-order valence-corrected chi connectivity index (χ3v) is 4.42. The first-order valence-corrected chi connectivity index (χ1v) is 7.92. The van der Waals surface area contributed by atoms with Crippen LogP contribution in [0.15, 0.2) is 48.5 Å². The molecule has 0 bridgehead atoms. The molecule has 0 aliphatic rings. The number of benzene rings is 2. The van der Waals surface area contributed by atoms with Gasteiger partial charge in [0.2, 0.25) is 0 Å². The quantitative estimate of drug-likeness (QED) is 0.692. The normalized spacial score (nSPS) is 11.1. The number of hydrogen-bond donors (Lipinski definition) is 1. The number of para-hydroxylation sites is 1. The molecule has 2 nitrogen and oxygen atoms in total. The molecule has 2 aromatic carbocycles. The Morgan fingerprint density at radius 2 is 1.86 bits per heavy atom. The van der Waals surface area contributed by atoms with Crippen molar-refractivity contribution >= 4 is 21.6 Å². The van der Waals surface area contributed by atoms with Crippen LogP contribution >= 0.6 is 11.3 Å². The SMILES string of the molecule is Fc1ccc(CNCCCc2nc3ccccc3s2)cc1. The lowest BCUT2D eigenvalue weighted by atomic mass is 10.2. The van der Waals surface area contributed by atoms with Gasteiger partial charge in [-0.15, -0.1) is 11.3 Å². The molecule has 0 saturated heterocycles. The minimum atomic E-state index is -0.186. The number of thiazole rings is 1. The number of halogens is 1. The third-order valence-electron chi connectivity index (χ3n) is 3.32. The Balaban J connectivity index is 1.42. The second kappa shape index (κ2) is 6.78. The lowest BCUT2D eigenvalue weighted by Gasteiger charge is -2.04. The Morgan fingerprint density at radius 3 is 2.67 bits per heavy atom. The fourth-order valence-electron chi connectivity index (χ4n) is 2.23. The highest BCUT2D eigenvalue weighted by Crippen LogP contribution is 2.22. The van der Waals surface area contributed by atoms with Gasteiger partial charge in [0.1, 0.15) is 5.82 Å². The van der Waals surface area contributed by atoms with E-state index in [4.69, 9.17) is 0 Å². The van der Waals surface area contributed by atoms with Crippen molar-refractivity contribution in [1.82, 2.24) is 10.3 Å². The molecule has 1 heterocycles. The summed E-state index contributed by atoms with van der Waals surface area (Å²) in [6.07, 6.45) is 2.05. The van der Waals surface area contributed by atoms with Crippen LogP contribution in [0.4, 0.5) is 4.39 Å². The van der Waals surface area contributed by atoms with Crippen molar-refractivity contribution in [2.75, 3.05) is 6.54 Å². The van der Waals surface area contributed by atoms with Crippen LogP contribution in [0.3, 0.4) is 0 Å². The summed E-state index contributed by atoms with van der Waals surface area (Å²) in [6, 6.07) is 14.9. The number of rotatable bonds is 6. The lowest BCUT2D eigenvalue weighted by molar-refractivity contribution is 0.622.